The highest BCUT2D eigenvalue weighted by molar-refractivity contribution is 6.99. The van der Waals surface area contributed by atoms with Gasteiger partial charge in [-0.3, -0.25) is 0 Å². The number of piperidine rings is 1. The van der Waals surface area contributed by atoms with Crippen molar-refractivity contribution in [3.05, 3.63) is 83.9 Å². The largest absolute Gasteiger partial charge is 0.492 e. The SMILES string of the molecule is CC(C)(C)[Si](OC1CCN(CCCOc2ccc(B(O)O)cc2Cl)CC1)(c1ccccc1)c1ccccc1. The lowest BCUT2D eigenvalue weighted by Crippen LogP contribution is -2.68. The van der Waals surface area contributed by atoms with E-state index in [0.717, 1.165) is 38.9 Å². The van der Waals surface area contributed by atoms with Crippen LogP contribution in [0, 0.1) is 0 Å². The van der Waals surface area contributed by atoms with E-state index in [1.807, 2.05) is 0 Å². The van der Waals surface area contributed by atoms with Gasteiger partial charge in [0, 0.05) is 25.7 Å². The fraction of sp³-hybridized carbons (Fsp3) is 0.400. The van der Waals surface area contributed by atoms with Gasteiger partial charge in [0.05, 0.1) is 11.6 Å². The van der Waals surface area contributed by atoms with E-state index in [9.17, 15) is 10.0 Å². The molecule has 38 heavy (non-hydrogen) atoms. The number of likely N-dealkylation sites (tertiary alicyclic amines) is 1. The molecule has 1 saturated heterocycles. The predicted octanol–water partition coefficient (Wildman–Crippen LogP) is 3.83. The van der Waals surface area contributed by atoms with Crippen LogP contribution in [-0.4, -0.2) is 62.7 Å². The molecule has 0 atom stereocenters. The number of rotatable bonds is 10. The molecule has 0 radical (unpaired) electrons. The first-order chi connectivity index (χ1) is 18.2. The molecule has 0 spiro atoms. The Morgan fingerprint density at radius 3 is 2.00 bits per heavy atom. The van der Waals surface area contributed by atoms with E-state index in [4.69, 9.17) is 20.8 Å². The van der Waals surface area contributed by atoms with E-state index in [0.29, 0.717) is 22.8 Å². The van der Waals surface area contributed by atoms with Gasteiger partial charge in [-0.2, -0.15) is 0 Å². The van der Waals surface area contributed by atoms with Crippen molar-refractivity contribution in [2.24, 2.45) is 0 Å². The summed E-state index contributed by atoms with van der Waals surface area (Å²) in [5.41, 5.74) is 0.352. The van der Waals surface area contributed by atoms with E-state index in [1.54, 1.807) is 12.1 Å². The lowest BCUT2D eigenvalue weighted by molar-refractivity contribution is 0.0900. The minimum absolute atomic E-state index is 0.0150. The van der Waals surface area contributed by atoms with E-state index < -0.39 is 15.4 Å². The first-order valence-corrected chi connectivity index (χ1v) is 15.8. The van der Waals surface area contributed by atoms with Gasteiger partial charge in [0.2, 0.25) is 0 Å². The second kappa shape index (κ2) is 12.8. The van der Waals surface area contributed by atoms with Gasteiger partial charge in [-0.15, -0.1) is 0 Å². The average Bonchev–Trinajstić information content (AvgIpc) is 2.91. The van der Waals surface area contributed by atoms with Crippen LogP contribution in [0.3, 0.4) is 0 Å². The maximum absolute atomic E-state index is 9.28. The maximum Gasteiger partial charge on any atom is 0.488 e. The van der Waals surface area contributed by atoms with Gasteiger partial charge in [-0.05, 0) is 52.3 Å². The number of nitrogens with zero attached hydrogens (tertiary/aromatic N) is 1. The van der Waals surface area contributed by atoms with E-state index in [1.165, 1.54) is 16.4 Å². The molecule has 2 N–H and O–H groups in total. The van der Waals surface area contributed by atoms with Crippen LogP contribution in [0.1, 0.15) is 40.0 Å². The summed E-state index contributed by atoms with van der Waals surface area (Å²) < 4.78 is 13.2. The zero-order chi connectivity index (χ0) is 27.2. The lowest BCUT2D eigenvalue weighted by atomic mass is 9.80. The van der Waals surface area contributed by atoms with Crippen LogP contribution in [0.5, 0.6) is 5.75 Å². The Labute approximate surface area is 233 Å². The van der Waals surface area contributed by atoms with Crippen LogP contribution < -0.4 is 20.6 Å². The molecule has 202 valence electrons. The Morgan fingerprint density at radius 1 is 0.921 bits per heavy atom. The Morgan fingerprint density at radius 2 is 1.50 bits per heavy atom. The van der Waals surface area contributed by atoms with Crippen LogP contribution in [0.15, 0.2) is 78.9 Å². The second-order valence-corrected chi connectivity index (χ2v) is 15.7. The van der Waals surface area contributed by atoms with Crippen molar-refractivity contribution in [2.45, 2.75) is 51.2 Å². The molecule has 4 rings (SSSR count). The van der Waals surface area contributed by atoms with Gasteiger partial charge < -0.3 is 24.1 Å². The van der Waals surface area contributed by atoms with E-state index in [-0.39, 0.29) is 11.1 Å². The third-order valence-corrected chi connectivity index (χ3v) is 12.8. The molecular formula is C30H39BClNO4Si. The first kappa shape index (κ1) is 28.9. The Balaban J connectivity index is 1.35. The molecular weight excluding hydrogens is 513 g/mol. The Hall–Kier alpha value is -2.13. The van der Waals surface area contributed by atoms with Crippen molar-refractivity contribution in [2.75, 3.05) is 26.2 Å². The highest BCUT2D eigenvalue weighted by Crippen LogP contribution is 2.38. The van der Waals surface area contributed by atoms with Crippen molar-refractivity contribution in [3.8, 4) is 5.75 Å². The molecule has 1 fully saturated rings. The predicted molar refractivity (Wildman–Crippen MR) is 160 cm³/mol. The number of benzene rings is 3. The normalized spacial score (nSPS) is 15.4. The van der Waals surface area contributed by atoms with Gasteiger partial charge in [0.15, 0.2) is 0 Å². The van der Waals surface area contributed by atoms with E-state index in [2.05, 4.69) is 86.3 Å². The summed E-state index contributed by atoms with van der Waals surface area (Å²) in [5.74, 6) is 0.563. The van der Waals surface area contributed by atoms with Crippen molar-refractivity contribution in [1.29, 1.82) is 0 Å². The average molecular weight is 552 g/mol. The van der Waals surface area contributed by atoms with Crippen molar-refractivity contribution in [3.63, 3.8) is 0 Å². The van der Waals surface area contributed by atoms with Gasteiger partial charge in [-0.1, -0.05) is 99.1 Å². The number of halogens is 1. The topological polar surface area (TPSA) is 62.2 Å². The molecule has 0 aromatic heterocycles. The molecule has 1 aliphatic heterocycles. The highest BCUT2D eigenvalue weighted by Gasteiger charge is 2.51. The lowest BCUT2D eigenvalue weighted by Gasteiger charge is -2.46. The number of ether oxygens (including phenoxy) is 1. The summed E-state index contributed by atoms with van der Waals surface area (Å²) in [5, 5.41) is 21.6. The van der Waals surface area contributed by atoms with Crippen LogP contribution in [0.4, 0.5) is 0 Å². The van der Waals surface area contributed by atoms with Crippen molar-refractivity contribution < 1.29 is 19.2 Å². The molecule has 0 bridgehead atoms. The van der Waals surface area contributed by atoms with Crippen LogP contribution >= 0.6 is 11.6 Å². The standard InChI is InChI=1S/C30H39BClNO4Si/c1-30(2,3)38(26-11-6-4-7-12-26,27-13-8-5-9-14-27)37-25-17-20-33(21-18-25)19-10-22-36-29-16-15-24(31(34)35)23-28(29)32/h4-9,11-16,23,25,34-35H,10,17-22H2,1-3H3. The van der Waals surface area contributed by atoms with Gasteiger partial charge in [0.25, 0.3) is 8.32 Å². The molecule has 1 heterocycles. The molecule has 5 nitrogen and oxygen atoms in total. The zero-order valence-electron chi connectivity index (χ0n) is 22.6. The fourth-order valence-corrected chi connectivity index (χ4v) is 10.5. The summed E-state index contributed by atoms with van der Waals surface area (Å²) in [6.45, 7) is 10.5. The third-order valence-electron chi connectivity index (χ3n) is 7.43. The summed E-state index contributed by atoms with van der Waals surface area (Å²) in [6, 6.07) is 26.6. The molecule has 0 saturated carbocycles. The van der Waals surface area contributed by atoms with Crippen LogP contribution in [0.2, 0.25) is 10.1 Å². The van der Waals surface area contributed by atoms with Crippen molar-refractivity contribution >= 4 is 42.9 Å². The smallest absolute Gasteiger partial charge is 0.488 e. The quantitative estimate of drug-likeness (QED) is 0.296. The van der Waals surface area contributed by atoms with Gasteiger partial charge >= 0.3 is 7.12 Å². The number of hydrogen-bond donors (Lipinski definition) is 2. The Bertz CT molecular complexity index is 1110. The molecule has 1 aliphatic rings. The molecule has 0 aliphatic carbocycles. The molecule has 0 amide bonds. The van der Waals surface area contributed by atoms with E-state index >= 15 is 0 Å². The molecule has 3 aromatic rings. The number of hydrogen-bond acceptors (Lipinski definition) is 5. The zero-order valence-corrected chi connectivity index (χ0v) is 24.4. The maximum atomic E-state index is 9.28. The molecule has 3 aromatic carbocycles. The summed E-state index contributed by atoms with van der Waals surface area (Å²) >= 11 is 6.22. The summed E-state index contributed by atoms with van der Waals surface area (Å²) in [4.78, 5) is 2.49. The summed E-state index contributed by atoms with van der Waals surface area (Å²) in [7, 11) is -4.06. The minimum Gasteiger partial charge on any atom is -0.492 e. The third kappa shape index (κ3) is 6.71. The first-order valence-electron chi connectivity index (χ1n) is 13.5. The second-order valence-electron chi connectivity index (χ2n) is 11.1. The van der Waals surface area contributed by atoms with Gasteiger partial charge in [0.1, 0.15) is 5.75 Å². The van der Waals surface area contributed by atoms with Gasteiger partial charge in [-0.25, -0.2) is 0 Å². The molecule has 0 unspecified atom stereocenters. The fourth-order valence-electron chi connectivity index (χ4n) is 5.46. The van der Waals surface area contributed by atoms with Crippen molar-refractivity contribution in [1.82, 2.24) is 4.90 Å². The molecule has 8 heteroatoms. The Kier molecular flexibility index (Phi) is 9.74. The van der Waals surface area contributed by atoms with Crippen LogP contribution in [-0.2, 0) is 4.43 Å². The van der Waals surface area contributed by atoms with Crippen LogP contribution in [0.25, 0.3) is 0 Å². The minimum atomic E-state index is -2.53. The highest BCUT2D eigenvalue weighted by atomic mass is 35.5. The summed E-state index contributed by atoms with van der Waals surface area (Å²) in [6.07, 6.45) is 3.15. The monoisotopic (exact) mass is 551 g/mol.